The Hall–Kier alpha value is -1.36. The SMILES string of the molecule is Cn1c(-c2[c-]cccc2)[c-]c2ccccc21.[Pd+2]. The number of aromatic nitrogens is 1. The van der Waals surface area contributed by atoms with Crippen molar-refractivity contribution < 1.29 is 20.4 Å². The molecular weight excluding hydrogens is 301 g/mol. The maximum Gasteiger partial charge on any atom is 2.00 e. The Labute approximate surface area is 115 Å². The molecule has 0 N–H and O–H groups in total. The van der Waals surface area contributed by atoms with E-state index < -0.39 is 0 Å². The van der Waals surface area contributed by atoms with Gasteiger partial charge in [-0.15, -0.1) is 29.3 Å². The van der Waals surface area contributed by atoms with Crippen molar-refractivity contribution >= 4 is 10.9 Å². The Bertz CT molecular complexity index is 626. The van der Waals surface area contributed by atoms with Gasteiger partial charge in [-0.1, -0.05) is 12.1 Å². The van der Waals surface area contributed by atoms with Crippen molar-refractivity contribution in [2.45, 2.75) is 0 Å². The summed E-state index contributed by atoms with van der Waals surface area (Å²) < 4.78 is 2.15. The van der Waals surface area contributed by atoms with E-state index in [1.54, 1.807) is 0 Å². The Morgan fingerprint density at radius 2 is 1.76 bits per heavy atom. The number of fused-ring (bicyclic) bond motifs is 1. The van der Waals surface area contributed by atoms with Crippen LogP contribution in [0.1, 0.15) is 0 Å². The van der Waals surface area contributed by atoms with E-state index >= 15 is 0 Å². The Morgan fingerprint density at radius 1 is 1.00 bits per heavy atom. The molecule has 0 saturated heterocycles. The summed E-state index contributed by atoms with van der Waals surface area (Å²) >= 11 is 0. The monoisotopic (exact) mass is 311 g/mol. The summed E-state index contributed by atoms with van der Waals surface area (Å²) in [4.78, 5) is 0. The molecule has 2 aromatic carbocycles. The first-order valence-corrected chi connectivity index (χ1v) is 5.30. The van der Waals surface area contributed by atoms with Gasteiger partial charge in [0.2, 0.25) is 0 Å². The first-order valence-electron chi connectivity index (χ1n) is 5.30. The van der Waals surface area contributed by atoms with Crippen LogP contribution in [0.2, 0.25) is 0 Å². The maximum atomic E-state index is 3.41. The number of hydrogen-bond acceptors (Lipinski definition) is 0. The molecule has 0 aliphatic heterocycles. The molecule has 0 fully saturated rings. The van der Waals surface area contributed by atoms with Crippen molar-refractivity contribution in [2.24, 2.45) is 7.05 Å². The molecule has 0 saturated carbocycles. The zero-order valence-corrected chi connectivity index (χ0v) is 10.9. The molecule has 0 aliphatic rings. The molecule has 1 heterocycles. The van der Waals surface area contributed by atoms with Crippen LogP contribution in [0, 0.1) is 12.1 Å². The number of para-hydroxylation sites is 1. The Morgan fingerprint density at radius 3 is 2.47 bits per heavy atom. The fourth-order valence-electron chi connectivity index (χ4n) is 1.99. The second-order valence-electron chi connectivity index (χ2n) is 3.83. The molecule has 1 nitrogen and oxygen atoms in total. The van der Waals surface area contributed by atoms with E-state index in [1.807, 2.05) is 24.3 Å². The van der Waals surface area contributed by atoms with Gasteiger partial charge < -0.3 is 4.57 Å². The first kappa shape index (κ1) is 12.1. The number of rotatable bonds is 1. The summed E-state index contributed by atoms with van der Waals surface area (Å²) in [5, 5.41) is 1.15. The minimum Gasteiger partial charge on any atom is -0.440 e. The average Bonchev–Trinajstić information content (AvgIpc) is 2.69. The predicted octanol–water partition coefficient (Wildman–Crippen LogP) is 3.44. The van der Waals surface area contributed by atoms with Crippen LogP contribution in [0.3, 0.4) is 0 Å². The zero-order valence-electron chi connectivity index (χ0n) is 9.38. The van der Waals surface area contributed by atoms with Gasteiger partial charge in [-0.2, -0.15) is 30.3 Å². The van der Waals surface area contributed by atoms with Gasteiger partial charge in [0.1, 0.15) is 0 Å². The first-order chi connectivity index (χ1) is 7.86. The number of nitrogens with zero attached hydrogens (tertiary/aromatic N) is 1. The minimum absolute atomic E-state index is 0. The molecule has 0 unspecified atom stereocenters. The van der Waals surface area contributed by atoms with Crippen LogP contribution in [-0.2, 0) is 27.5 Å². The van der Waals surface area contributed by atoms with Gasteiger partial charge in [0.05, 0.1) is 0 Å². The molecule has 0 radical (unpaired) electrons. The summed E-state index contributed by atoms with van der Waals surface area (Å²) in [5.41, 5.74) is 3.37. The van der Waals surface area contributed by atoms with E-state index in [4.69, 9.17) is 0 Å². The van der Waals surface area contributed by atoms with Crippen molar-refractivity contribution in [2.75, 3.05) is 0 Å². The smallest absolute Gasteiger partial charge is 0.440 e. The van der Waals surface area contributed by atoms with Crippen LogP contribution in [0.5, 0.6) is 0 Å². The van der Waals surface area contributed by atoms with Crippen molar-refractivity contribution in [1.82, 2.24) is 4.57 Å². The number of hydrogen-bond donors (Lipinski definition) is 0. The van der Waals surface area contributed by atoms with Gasteiger partial charge in [-0.05, 0) is 12.6 Å². The van der Waals surface area contributed by atoms with Crippen LogP contribution in [0.4, 0.5) is 0 Å². The number of benzene rings is 2. The maximum absolute atomic E-state index is 3.41. The van der Waals surface area contributed by atoms with Crippen LogP contribution in [0.15, 0.2) is 48.5 Å². The quantitative estimate of drug-likeness (QED) is 0.479. The van der Waals surface area contributed by atoms with Gasteiger partial charge in [0.25, 0.3) is 0 Å². The van der Waals surface area contributed by atoms with E-state index in [2.05, 4.69) is 48.0 Å². The fraction of sp³-hybridized carbons (Fsp3) is 0.0667. The van der Waals surface area contributed by atoms with Crippen LogP contribution >= 0.6 is 0 Å². The van der Waals surface area contributed by atoms with Crippen molar-refractivity contribution in [3.63, 3.8) is 0 Å². The normalized spacial score (nSPS) is 10.2. The second-order valence-corrected chi connectivity index (χ2v) is 3.83. The van der Waals surface area contributed by atoms with Gasteiger partial charge in [-0.25, -0.2) is 5.56 Å². The van der Waals surface area contributed by atoms with Crippen LogP contribution < -0.4 is 0 Å². The fourth-order valence-corrected chi connectivity index (χ4v) is 1.99. The second kappa shape index (κ2) is 4.88. The van der Waals surface area contributed by atoms with Gasteiger partial charge in [-0.3, -0.25) is 0 Å². The Balaban J connectivity index is 0.00000108. The molecule has 3 aromatic rings. The average molecular weight is 312 g/mol. The summed E-state index contributed by atoms with van der Waals surface area (Å²) in [6.45, 7) is 0. The van der Waals surface area contributed by atoms with Crippen molar-refractivity contribution in [1.29, 1.82) is 0 Å². The topological polar surface area (TPSA) is 4.93 Å². The van der Waals surface area contributed by atoms with E-state index in [0.29, 0.717) is 0 Å². The Kier molecular flexibility index (Phi) is 3.47. The molecule has 0 amide bonds. The van der Waals surface area contributed by atoms with Crippen molar-refractivity contribution in [3.8, 4) is 11.3 Å². The molecule has 1 aromatic heterocycles. The number of aryl methyl sites for hydroxylation is 1. The van der Waals surface area contributed by atoms with E-state index in [0.717, 1.165) is 16.6 Å². The minimum atomic E-state index is 0. The molecule has 2 heteroatoms. The summed E-state index contributed by atoms with van der Waals surface area (Å²) in [6.07, 6.45) is 0. The largest absolute Gasteiger partial charge is 2.00 e. The third-order valence-corrected chi connectivity index (χ3v) is 2.82. The summed E-state index contributed by atoms with van der Waals surface area (Å²) in [6, 6.07) is 22.9. The van der Waals surface area contributed by atoms with Crippen LogP contribution in [0.25, 0.3) is 22.2 Å². The van der Waals surface area contributed by atoms with E-state index in [9.17, 15) is 0 Å². The summed E-state index contributed by atoms with van der Waals surface area (Å²) in [5.74, 6) is 0. The molecule has 0 aliphatic carbocycles. The van der Waals surface area contributed by atoms with E-state index in [-0.39, 0.29) is 20.4 Å². The molecular formula is C15H11NPd. The third kappa shape index (κ3) is 2.07. The molecule has 0 bridgehead atoms. The van der Waals surface area contributed by atoms with Gasteiger partial charge >= 0.3 is 20.4 Å². The zero-order chi connectivity index (χ0) is 11.0. The van der Waals surface area contributed by atoms with Gasteiger partial charge in [0, 0.05) is 0 Å². The predicted molar refractivity (Wildman–Crippen MR) is 66.0 cm³/mol. The van der Waals surface area contributed by atoms with Crippen molar-refractivity contribution in [3.05, 3.63) is 60.7 Å². The molecule has 86 valence electrons. The molecule has 3 rings (SSSR count). The van der Waals surface area contributed by atoms with E-state index in [1.165, 1.54) is 5.52 Å². The third-order valence-electron chi connectivity index (χ3n) is 2.82. The van der Waals surface area contributed by atoms with Crippen LogP contribution in [-0.4, -0.2) is 4.57 Å². The summed E-state index contributed by atoms with van der Waals surface area (Å²) in [7, 11) is 2.06. The standard InChI is InChI=1S/C15H11N.Pd/c1-16-14-10-6-5-9-13(14)11-15(16)12-7-3-2-4-8-12;/h2-7,9-10H,1H3;/q-2;+2. The molecule has 0 atom stereocenters. The molecule has 17 heavy (non-hydrogen) atoms. The molecule has 0 spiro atoms. The van der Waals surface area contributed by atoms with Gasteiger partial charge in [0.15, 0.2) is 0 Å².